The average Bonchev–Trinajstić information content (AvgIpc) is 2.54. The van der Waals surface area contributed by atoms with Crippen LogP contribution in [0.25, 0.3) is 12.7 Å². The van der Waals surface area contributed by atoms with E-state index in [0.29, 0.717) is 0 Å². The van der Waals surface area contributed by atoms with E-state index in [-0.39, 0.29) is 0 Å². The van der Waals surface area contributed by atoms with Crippen molar-refractivity contribution < 1.29 is 0 Å². The highest BCUT2D eigenvalue weighted by Crippen LogP contribution is 2.21. The average molecular weight is 229 g/mol. The lowest BCUT2D eigenvalue weighted by Crippen LogP contribution is -2.27. The highest BCUT2D eigenvalue weighted by atomic mass is 14.9. The van der Waals surface area contributed by atoms with E-state index in [1.807, 2.05) is 0 Å². The Balaban J connectivity index is 2.53. The number of nitrogens with zero attached hydrogens (tertiary/aromatic N) is 1. The Morgan fingerprint density at radius 3 is 2.94 bits per heavy atom. The molecule has 1 nitrogen and oxygen atoms in total. The maximum atomic E-state index is 4.27. The molecule has 0 spiro atoms. The second-order valence-corrected chi connectivity index (χ2v) is 5.20. The molecule has 0 radical (unpaired) electrons. The zero-order valence-electron chi connectivity index (χ0n) is 11.3. The van der Waals surface area contributed by atoms with E-state index < -0.39 is 0 Å². The van der Waals surface area contributed by atoms with Gasteiger partial charge in [0.2, 0.25) is 0 Å². The summed E-state index contributed by atoms with van der Waals surface area (Å²) in [6, 6.07) is 0. The van der Waals surface area contributed by atoms with E-state index in [0.717, 1.165) is 12.3 Å². The van der Waals surface area contributed by atoms with Crippen molar-refractivity contribution in [1.29, 1.82) is 0 Å². The summed E-state index contributed by atoms with van der Waals surface area (Å²) in [4.78, 5) is 0. The van der Waals surface area contributed by atoms with Crippen LogP contribution in [0.15, 0.2) is 12.2 Å². The Morgan fingerprint density at radius 2 is 2.24 bits per heavy atom. The molecule has 1 heterocycles. The van der Waals surface area contributed by atoms with Gasteiger partial charge in [-0.25, -0.2) is 0 Å². The first-order valence-electron chi connectivity index (χ1n) is 6.67. The van der Waals surface area contributed by atoms with E-state index in [4.69, 9.17) is 0 Å². The first-order valence-corrected chi connectivity index (χ1v) is 6.67. The molecular weight excluding hydrogens is 206 g/mol. The Labute approximate surface area is 104 Å². The van der Waals surface area contributed by atoms with E-state index in [2.05, 4.69) is 50.3 Å². The molecule has 17 heavy (non-hydrogen) atoms. The van der Waals surface area contributed by atoms with Crippen molar-refractivity contribution >= 4 is 12.7 Å². The van der Waals surface area contributed by atoms with Gasteiger partial charge in [0.25, 0.3) is 0 Å². The third-order valence-electron chi connectivity index (χ3n) is 3.84. The summed E-state index contributed by atoms with van der Waals surface area (Å²) in [6.07, 6.45) is 11.4. The van der Waals surface area contributed by atoms with Crippen molar-refractivity contribution in [2.75, 3.05) is 0 Å². The molecule has 0 aromatic carbocycles. The normalized spacial score (nSPS) is 21.1. The van der Waals surface area contributed by atoms with Gasteiger partial charge in [0.1, 0.15) is 0 Å². The summed E-state index contributed by atoms with van der Waals surface area (Å²) in [5.41, 5.74) is 3.01. The molecule has 1 aliphatic carbocycles. The third kappa shape index (κ3) is 2.24. The number of hydrogen-bond donors (Lipinski definition) is 0. The third-order valence-corrected chi connectivity index (χ3v) is 3.84. The van der Waals surface area contributed by atoms with Crippen molar-refractivity contribution in [3.05, 3.63) is 34.0 Å². The van der Waals surface area contributed by atoms with Crippen LogP contribution in [0.1, 0.15) is 37.9 Å². The number of fused-ring (bicyclic) bond motifs is 1. The Bertz CT molecular complexity index is 531. The van der Waals surface area contributed by atoms with Gasteiger partial charge in [0.05, 0.1) is 0 Å². The monoisotopic (exact) mass is 229 g/mol. The molecule has 0 bridgehead atoms. The zero-order chi connectivity index (χ0) is 12.4. The first-order chi connectivity index (χ1) is 8.15. The Hall–Kier alpha value is -1.24. The van der Waals surface area contributed by atoms with E-state index in [1.165, 1.54) is 41.1 Å². The summed E-state index contributed by atoms with van der Waals surface area (Å²) < 4.78 is 2.34. The molecule has 1 heteroatoms. The van der Waals surface area contributed by atoms with E-state index >= 15 is 0 Å². The predicted octanol–water partition coefficient (Wildman–Crippen LogP) is 2.31. The number of allylic oxidation sites excluding steroid dienone is 2. The lowest BCUT2D eigenvalue weighted by atomic mass is 9.89. The predicted molar refractivity (Wildman–Crippen MR) is 75.3 cm³/mol. The topological polar surface area (TPSA) is 4.93 Å². The van der Waals surface area contributed by atoms with Crippen molar-refractivity contribution in [1.82, 2.24) is 4.57 Å². The van der Waals surface area contributed by atoms with Crippen LogP contribution in [0.3, 0.4) is 0 Å². The van der Waals surface area contributed by atoms with Crippen LogP contribution in [-0.4, -0.2) is 4.57 Å². The number of hydrogen-bond acceptors (Lipinski definition) is 0. The molecule has 1 atom stereocenters. The van der Waals surface area contributed by atoms with Gasteiger partial charge in [-0.3, -0.25) is 0 Å². The molecule has 0 N–H and O–H groups in total. The summed E-state index contributed by atoms with van der Waals surface area (Å²) in [5.74, 6) is 0.814. The van der Waals surface area contributed by atoms with Crippen molar-refractivity contribution in [2.24, 2.45) is 13.0 Å². The molecule has 0 saturated carbocycles. The van der Waals surface area contributed by atoms with Crippen LogP contribution in [0.2, 0.25) is 0 Å². The molecule has 0 amide bonds. The van der Waals surface area contributed by atoms with Gasteiger partial charge in [-0.1, -0.05) is 32.6 Å². The molecular formula is C16H23N. The van der Waals surface area contributed by atoms with Gasteiger partial charge in [-0.2, -0.15) is 0 Å². The summed E-state index contributed by atoms with van der Waals surface area (Å²) in [6.45, 7) is 8.78. The largest absolute Gasteiger partial charge is 0.347 e. The maximum Gasteiger partial charge on any atom is 0.0476 e. The SMILES string of the molecule is C=c1c2c(n(C)/c1=C/C=C\CC)CC(C)CC2. The minimum absolute atomic E-state index is 0.814. The second kappa shape index (κ2) is 4.95. The number of rotatable bonds is 2. The molecule has 1 aromatic heterocycles. The summed E-state index contributed by atoms with van der Waals surface area (Å²) in [7, 11) is 2.18. The van der Waals surface area contributed by atoms with Gasteiger partial charge in [0.15, 0.2) is 0 Å². The van der Waals surface area contributed by atoms with Crippen LogP contribution in [0.4, 0.5) is 0 Å². The van der Waals surface area contributed by atoms with E-state index in [9.17, 15) is 0 Å². The van der Waals surface area contributed by atoms with Gasteiger partial charge in [-0.05, 0) is 48.5 Å². The minimum atomic E-state index is 0.814. The van der Waals surface area contributed by atoms with Crippen molar-refractivity contribution in [3.63, 3.8) is 0 Å². The molecule has 0 aliphatic heterocycles. The number of aromatic nitrogens is 1. The second-order valence-electron chi connectivity index (χ2n) is 5.20. The van der Waals surface area contributed by atoms with Gasteiger partial charge < -0.3 is 4.57 Å². The first kappa shape index (κ1) is 12.2. The highest BCUT2D eigenvalue weighted by molar-refractivity contribution is 5.41. The fraction of sp³-hybridized carbons (Fsp3) is 0.500. The molecule has 0 saturated heterocycles. The minimum Gasteiger partial charge on any atom is -0.347 e. The highest BCUT2D eigenvalue weighted by Gasteiger charge is 2.19. The van der Waals surface area contributed by atoms with Gasteiger partial charge >= 0.3 is 0 Å². The van der Waals surface area contributed by atoms with E-state index in [1.54, 1.807) is 0 Å². The smallest absolute Gasteiger partial charge is 0.0476 e. The molecule has 1 aliphatic rings. The quantitative estimate of drug-likeness (QED) is 0.733. The molecule has 0 fully saturated rings. The lowest BCUT2D eigenvalue weighted by molar-refractivity contribution is 0.484. The molecule has 1 aromatic rings. The van der Waals surface area contributed by atoms with Gasteiger partial charge in [-0.15, -0.1) is 0 Å². The fourth-order valence-electron chi connectivity index (χ4n) is 2.76. The Morgan fingerprint density at radius 1 is 1.47 bits per heavy atom. The van der Waals surface area contributed by atoms with Gasteiger partial charge in [0, 0.05) is 18.1 Å². The molecule has 1 unspecified atom stereocenters. The standard InChI is InChI=1S/C16H23N/c1-5-6-7-8-15-13(3)14-10-9-12(2)11-16(14)17(15)4/h6-8,12H,3,5,9-11H2,1-2,4H3/b7-6-,15-8+. The van der Waals surface area contributed by atoms with Crippen molar-refractivity contribution in [3.8, 4) is 0 Å². The van der Waals surface area contributed by atoms with Crippen LogP contribution >= 0.6 is 0 Å². The fourth-order valence-corrected chi connectivity index (χ4v) is 2.76. The van der Waals surface area contributed by atoms with Crippen LogP contribution in [0.5, 0.6) is 0 Å². The van der Waals surface area contributed by atoms with Crippen LogP contribution in [0, 0.1) is 5.92 Å². The van der Waals surface area contributed by atoms with Crippen molar-refractivity contribution in [2.45, 2.75) is 39.5 Å². The lowest BCUT2D eigenvalue weighted by Gasteiger charge is -2.19. The maximum absolute atomic E-state index is 4.27. The zero-order valence-corrected chi connectivity index (χ0v) is 11.3. The van der Waals surface area contributed by atoms with Crippen LogP contribution in [-0.2, 0) is 19.9 Å². The Kier molecular flexibility index (Phi) is 3.56. The molecule has 92 valence electrons. The summed E-state index contributed by atoms with van der Waals surface area (Å²) in [5, 5.41) is 2.53. The summed E-state index contributed by atoms with van der Waals surface area (Å²) >= 11 is 0. The van der Waals surface area contributed by atoms with Crippen LogP contribution < -0.4 is 10.6 Å². The molecule has 2 rings (SSSR count).